The molecule has 2 aromatic rings. The summed E-state index contributed by atoms with van der Waals surface area (Å²) in [6.45, 7) is 1.36. The molecule has 1 aliphatic heterocycles. The van der Waals surface area contributed by atoms with Crippen molar-refractivity contribution in [3.8, 4) is 0 Å². The van der Waals surface area contributed by atoms with E-state index in [0.29, 0.717) is 23.8 Å². The van der Waals surface area contributed by atoms with Crippen LogP contribution in [0, 0.1) is 5.82 Å². The number of hydrogen-bond donors (Lipinski definition) is 3. The van der Waals surface area contributed by atoms with E-state index < -0.39 is 11.7 Å². The highest BCUT2D eigenvalue weighted by Gasteiger charge is 2.24. The van der Waals surface area contributed by atoms with Gasteiger partial charge in [-0.15, -0.1) is 0 Å². The molecule has 2 heterocycles. The van der Waals surface area contributed by atoms with Gasteiger partial charge >= 0.3 is 0 Å². The number of carbonyl (C=O) groups excluding carboxylic acids is 1. The number of pyridine rings is 1. The molecule has 0 saturated carbocycles. The van der Waals surface area contributed by atoms with Gasteiger partial charge in [0, 0.05) is 17.6 Å². The van der Waals surface area contributed by atoms with Gasteiger partial charge in [-0.25, -0.2) is 4.39 Å². The molecule has 5 nitrogen and oxygen atoms in total. The number of benzene rings is 1. The van der Waals surface area contributed by atoms with Crippen molar-refractivity contribution in [3.63, 3.8) is 0 Å². The molecule has 0 radical (unpaired) electrons. The molecule has 1 aliphatic rings. The molecular weight excluding hydrogens is 387 g/mol. The smallest absolute Gasteiger partial charge is 0.256 e. The molecule has 1 aromatic heterocycles. The van der Waals surface area contributed by atoms with Gasteiger partial charge in [-0.1, -0.05) is 27.5 Å². The topological polar surface area (TPSA) is 66.0 Å². The molecule has 8 heteroatoms. The Balaban J connectivity index is 1.89. The van der Waals surface area contributed by atoms with E-state index in [0.717, 1.165) is 10.7 Å². The van der Waals surface area contributed by atoms with Crippen LogP contribution in [-0.2, 0) is 0 Å². The van der Waals surface area contributed by atoms with Gasteiger partial charge in [0.15, 0.2) is 5.82 Å². The van der Waals surface area contributed by atoms with E-state index in [4.69, 9.17) is 11.6 Å². The van der Waals surface area contributed by atoms with Crippen LogP contribution < -0.4 is 16.0 Å². The number of carbonyl (C=O) groups is 1. The second-order valence-electron chi connectivity index (χ2n) is 5.12. The summed E-state index contributed by atoms with van der Waals surface area (Å²) < 4.78 is 14.9. The van der Waals surface area contributed by atoms with E-state index in [-0.39, 0.29) is 17.3 Å². The first kappa shape index (κ1) is 16.2. The van der Waals surface area contributed by atoms with Gasteiger partial charge in [0.2, 0.25) is 0 Å². The van der Waals surface area contributed by atoms with Crippen LogP contribution in [0.3, 0.4) is 0 Å². The Hall–Kier alpha value is -1.70. The lowest BCUT2D eigenvalue weighted by atomic mass is 10.1. The molecule has 0 spiro atoms. The van der Waals surface area contributed by atoms with E-state index in [1.807, 2.05) is 0 Å². The second kappa shape index (κ2) is 6.82. The van der Waals surface area contributed by atoms with Gasteiger partial charge in [0.05, 0.1) is 34.8 Å². The van der Waals surface area contributed by atoms with Crippen LogP contribution >= 0.6 is 27.5 Å². The Morgan fingerprint density at radius 2 is 2.13 bits per heavy atom. The van der Waals surface area contributed by atoms with Gasteiger partial charge in [0.25, 0.3) is 5.91 Å². The van der Waals surface area contributed by atoms with Crippen LogP contribution in [0.25, 0.3) is 0 Å². The Morgan fingerprint density at radius 1 is 1.35 bits per heavy atom. The normalized spacial score (nSPS) is 14.2. The molecular formula is C15H13BrClFN4O. The van der Waals surface area contributed by atoms with E-state index in [1.54, 1.807) is 18.2 Å². The van der Waals surface area contributed by atoms with E-state index in [1.165, 1.54) is 6.20 Å². The largest absolute Gasteiger partial charge is 0.352 e. The predicted octanol–water partition coefficient (Wildman–Crippen LogP) is 3.08. The molecule has 0 aliphatic carbocycles. The zero-order valence-corrected chi connectivity index (χ0v) is 14.2. The van der Waals surface area contributed by atoms with Crippen molar-refractivity contribution in [2.45, 2.75) is 6.04 Å². The highest BCUT2D eigenvalue weighted by molar-refractivity contribution is 9.10. The Bertz CT molecular complexity index is 754. The summed E-state index contributed by atoms with van der Waals surface area (Å²) in [7, 11) is 0. The third-order valence-electron chi connectivity index (χ3n) is 3.44. The fourth-order valence-electron chi connectivity index (χ4n) is 2.14. The minimum absolute atomic E-state index is 0.0131. The molecule has 1 fully saturated rings. The van der Waals surface area contributed by atoms with Crippen molar-refractivity contribution in [2.75, 3.05) is 18.4 Å². The van der Waals surface area contributed by atoms with Crippen molar-refractivity contribution in [1.82, 2.24) is 15.6 Å². The van der Waals surface area contributed by atoms with Crippen LogP contribution in [0.2, 0.25) is 5.02 Å². The van der Waals surface area contributed by atoms with Gasteiger partial charge in [-0.05, 0) is 18.2 Å². The number of rotatable bonds is 4. The molecule has 0 unspecified atom stereocenters. The maximum absolute atomic E-state index is 14.1. The maximum Gasteiger partial charge on any atom is 0.256 e. The predicted molar refractivity (Wildman–Crippen MR) is 90.8 cm³/mol. The first-order valence-corrected chi connectivity index (χ1v) is 8.09. The average Bonchev–Trinajstić information content (AvgIpc) is 2.46. The third kappa shape index (κ3) is 3.63. The number of anilines is 2. The number of nitrogens with zero attached hydrogens (tertiary/aromatic N) is 1. The summed E-state index contributed by atoms with van der Waals surface area (Å²) in [6.07, 6.45) is 2.41. The maximum atomic E-state index is 14.1. The number of nitrogens with one attached hydrogen (secondary N) is 3. The summed E-state index contributed by atoms with van der Waals surface area (Å²) in [6, 6.07) is 5.24. The van der Waals surface area contributed by atoms with Crippen LogP contribution in [0.1, 0.15) is 10.4 Å². The van der Waals surface area contributed by atoms with Gasteiger partial charge in [-0.2, -0.15) is 0 Å². The van der Waals surface area contributed by atoms with Crippen molar-refractivity contribution < 1.29 is 9.18 Å². The minimum Gasteiger partial charge on any atom is -0.352 e. The monoisotopic (exact) mass is 398 g/mol. The van der Waals surface area contributed by atoms with Crippen molar-refractivity contribution in [3.05, 3.63) is 51.5 Å². The van der Waals surface area contributed by atoms with E-state index in [2.05, 4.69) is 36.9 Å². The fraction of sp³-hybridized carbons (Fsp3) is 0.200. The zero-order chi connectivity index (χ0) is 16.4. The SMILES string of the molecule is O=C(NC1CNC1)c1c(F)cncc1Nc1ccc(Br)cc1Cl. The second-order valence-corrected chi connectivity index (χ2v) is 6.44. The minimum atomic E-state index is -0.687. The summed E-state index contributed by atoms with van der Waals surface area (Å²) in [5.41, 5.74) is 0.742. The van der Waals surface area contributed by atoms with Crippen LogP contribution in [0.15, 0.2) is 35.1 Å². The van der Waals surface area contributed by atoms with Crippen LogP contribution in [0.5, 0.6) is 0 Å². The van der Waals surface area contributed by atoms with Gasteiger partial charge in [-0.3, -0.25) is 9.78 Å². The molecule has 0 bridgehead atoms. The Morgan fingerprint density at radius 3 is 2.78 bits per heavy atom. The molecule has 1 amide bonds. The fourth-order valence-corrected chi connectivity index (χ4v) is 2.87. The first-order chi connectivity index (χ1) is 11.0. The number of hydrogen-bond acceptors (Lipinski definition) is 4. The zero-order valence-electron chi connectivity index (χ0n) is 11.9. The standard InChI is InChI=1S/C15H13BrClFN4O/c16-8-1-2-12(10(17)3-8)22-13-7-20-6-11(18)14(13)15(23)21-9-4-19-5-9/h1-3,6-7,9,19,22H,4-5H2,(H,21,23). The van der Waals surface area contributed by atoms with Crippen molar-refractivity contribution >= 4 is 44.8 Å². The van der Waals surface area contributed by atoms with E-state index >= 15 is 0 Å². The molecule has 1 aromatic carbocycles. The molecule has 23 heavy (non-hydrogen) atoms. The van der Waals surface area contributed by atoms with Crippen LogP contribution in [0.4, 0.5) is 15.8 Å². The average molecular weight is 400 g/mol. The van der Waals surface area contributed by atoms with Gasteiger partial charge in [0.1, 0.15) is 5.56 Å². The molecule has 3 rings (SSSR count). The van der Waals surface area contributed by atoms with Crippen molar-refractivity contribution in [2.24, 2.45) is 0 Å². The quantitative estimate of drug-likeness (QED) is 0.739. The summed E-state index contributed by atoms with van der Waals surface area (Å²) in [5.74, 6) is -1.17. The Kier molecular flexibility index (Phi) is 4.79. The summed E-state index contributed by atoms with van der Waals surface area (Å²) in [4.78, 5) is 16.1. The number of amides is 1. The summed E-state index contributed by atoms with van der Waals surface area (Å²) in [5, 5.41) is 9.23. The summed E-state index contributed by atoms with van der Waals surface area (Å²) >= 11 is 9.47. The number of halogens is 3. The molecule has 120 valence electrons. The lowest BCUT2D eigenvalue weighted by molar-refractivity contribution is 0.0920. The number of aromatic nitrogens is 1. The third-order valence-corrected chi connectivity index (χ3v) is 4.25. The first-order valence-electron chi connectivity index (χ1n) is 6.92. The van der Waals surface area contributed by atoms with Gasteiger partial charge < -0.3 is 16.0 Å². The van der Waals surface area contributed by atoms with Crippen LogP contribution in [-0.4, -0.2) is 30.0 Å². The molecule has 0 atom stereocenters. The van der Waals surface area contributed by atoms with E-state index in [9.17, 15) is 9.18 Å². The molecule has 1 saturated heterocycles. The Labute approximate surface area is 145 Å². The highest BCUT2D eigenvalue weighted by Crippen LogP contribution is 2.30. The highest BCUT2D eigenvalue weighted by atomic mass is 79.9. The van der Waals surface area contributed by atoms with Crippen molar-refractivity contribution in [1.29, 1.82) is 0 Å². The lowest BCUT2D eigenvalue weighted by Crippen LogP contribution is -2.57. The molecule has 3 N–H and O–H groups in total. The lowest BCUT2D eigenvalue weighted by Gasteiger charge is -2.28.